The standard InChI is InChI=1S/C21H29FN4OS/c1-20(2,3)13-21(4,5)23-17(27)12-28-19-25-24-18(26(19)14-10-11-14)15-8-6-7-9-16(15)22/h6-9,14H,10-13H2,1-5H3,(H,23,27). The maximum atomic E-state index is 14.2. The van der Waals surface area contributed by atoms with E-state index in [1.807, 2.05) is 18.4 Å². The van der Waals surface area contributed by atoms with E-state index in [4.69, 9.17) is 0 Å². The zero-order valence-corrected chi connectivity index (χ0v) is 18.1. The number of aromatic nitrogens is 3. The lowest BCUT2D eigenvalue weighted by atomic mass is 9.82. The SMILES string of the molecule is CC(C)(C)CC(C)(C)NC(=O)CSc1nnc(-c2ccccc2F)n1C1CC1. The number of thioether (sulfide) groups is 1. The molecule has 5 nitrogen and oxygen atoms in total. The molecule has 1 aliphatic carbocycles. The lowest BCUT2D eigenvalue weighted by molar-refractivity contribution is -0.120. The first-order valence-corrected chi connectivity index (χ1v) is 10.7. The Labute approximate surface area is 170 Å². The van der Waals surface area contributed by atoms with Crippen LogP contribution in [0.2, 0.25) is 0 Å². The number of hydrogen-bond acceptors (Lipinski definition) is 4. The van der Waals surface area contributed by atoms with Gasteiger partial charge in [-0.1, -0.05) is 44.7 Å². The van der Waals surface area contributed by atoms with E-state index in [1.54, 1.807) is 18.2 Å². The van der Waals surface area contributed by atoms with Gasteiger partial charge in [0, 0.05) is 11.6 Å². The zero-order valence-electron chi connectivity index (χ0n) is 17.3. The van der Waals surface area contributed by atoms with Gasteiger partial charge in [-0.3, -0.25) is 9.36 Å². The Morgan fingerprint density at radius 1 is 1.21 bits per heavy atom. The number of benzene rings is 1. The molecule has 1 aliphatic rings. The smallest absolute Gasteiger partial charge is 0.230 e. The Morgan fingerprint density at radius 2 is 1.89 bits per heavy atom. The van der Waals surface area contributed by atoms with E-state index in [0.29, 0.717) is 16.5 Å². The number of carbonyl (C=O) groups is 1. The quantitative estimate of drug-likeness (QED) is 0.671. The summed E-state index contributed by atoms with van der Waals surface area (Å²) in [6.07, 6.45) is 2.93. The van der Waals surface area contributed by atoms with E-state index in [9.17, 15) is 9.18 Å². The molecule has 0 unspecified atom stereocenters. The van der Waals surface area contributed by atoms with Crippen LogP contribution in [0.5, 0.6) is 0 Å². The van der Waals surface area contributed by atoms with Crippen molar-refractivity contribution in [2.45, 2.75) is 70.6 Å². The summed E-state index contributed by atoms with van der Waals surface area (Å²) in [5.74, 6) is 0.457. The third kappa shape index (κ3) is 5.34. The van der Waals surface area contributed by atoms with Gasteiger partial charge in [0.2, 0.25) is 5.91 Å². The first-order chi connectivity index (χ1) is 13.1. The highest BCUT2D eigenvalue weighted by molar-refractivity contribution is 7.99. The summed E-state index contributed by atoms with van der Waals surface area (Å²) in [5.41, 5.74) is 0.299. The van der Waals surface area contributed by atoms with Crippen LogP contribution in [0.25, 0.3) is 11.4 Å². The van der Waals surface area contributed by atoms with Crippen LogP contribution in [0.3, 0.4) is 0 Å². The minimum absolute atomic E-state index is 0.0305. The van der Waals surface area contributed by atoms with Gasteiger partial charge in [-0.05, 0) is 50.7 Å². The fraction of sp³-hybridized carbons (Fsp3) is 0.571. The lowest BCUT2D eigenvalue weighted by Gasteiger charge is -2.33. The maximum absolute atomic E-state index is 14.2. The molecule has 1 aromatic heterocycles. The molecule has 0 bridgehead atoms. The molecular formula is C21H29FN4OS. The van der Waals surface area contributed by atoms with Crippen LogP contribution in [-0.2, 0) is 4.79 Å². The third-order valence-electron chi connectivity index (χ3n) is 4.47. The molecule has 0 atom stereocenters. The number of nitrogens with one attached hydrogen (secondary N) is 1. The summed E-state index contributed by atoms with van der Waals surface area (Å²) in [6, 6.07) is 6.89. The number of nitrogens with zero attached hydrogens (tertiary/aromatic N) is 3. The Bertz CT molecular complexity index is 852. The monoisotopic (exact) mass is 404 g/mol. The second kappa shape index (κ2) is 7.85. The van der Waals surface area contributed by atoms with Crippen molar-refractivity contribution in [2.24, 2.45) is 5.41 Å². The molecule has 2 aromatic rings. The molecule has 0 aliphatic heterocycles. The van der Waals surface area contributed by atoms with Crippen molar-refractivity contribution in [1.29, 1.82) is 0 Å². The minimum Gasteiger partial charge on any atom is -0.350 e. The van der Waals surface area contributed by atoms with Gasteiger partial charge >= 0.3 is 0 Å². The topological polar surface area (TPSA) is 59.8 Å². The van der Waals surface area contributed by atoms with Crippen molar-refractivity contribution < 1.29 is 9.18 Å². The van der Waals surface area contributed by atoms with Crippen LogP contribution in [0, 0.1) is 11.2 Å². The Kier molecular flexibility index (Phi) is 5.84. The van der Waals surface area contributed by atoms with Crippen molar-refractivity contribution in [3.63, 3.8) is 0 Å². The third-order valence-corrected chi connectivity index (χ3v) is 5.42. The normalized spacial score (nSPS) is 14.9. The average Bonchev–Trinajstić information content (AvgIpc) is 3.30. The number of halogens is 1. The summed E-state index contributed by atoms with van der Waals surface area (Å²) in [5, 5.41) is 12.3. The molecule has 1 aromatic carbocycles. The molecule has 1 fully saturated rings. The molecule has 0 saturated heterocycles. The molecule has 1 N–H and O–H groups in total. The largest absolute Gasteiger partial charge is 0.350 e. The molecule has 1 heterocycles. The fourth-order valence-corrected chi connectivity index (χ4v) is 4.58. The van der Waals surface area contributed by atoms with Crippen LogP contribution in [0.15, 0.2) is 29.4 Å². The molecule has 1 amide bonds. The van der Waals surface area contributed by atoms with Crippen LogP contribution in [0.1, 0.15) is 59.9 Å². The van der Waals surface area contributed by atoms with Crippen molar-refractivity contribution in [1.82, 2.24) is 20.1 Å². The molecule has 7 heteroatoms. The van der Waals surface area contributed by atoms with Gasteiger partial charge in [-0.2, -0.15) is 0 Å². The van der Waals surface area contributed by atoms with Crippen LogP contribution in [0.4, 0.5) is 4.39 Å². The van der Waals surface area contributed by atoms with E-state index in [0.717, 1.165) is 19.3 Å². The maximum Gasteiger partial charge on any atom is 0.230 e. The molecule has 0 radical (unpaired) electrons. The Hall–Kier alpha value is -1.89. The van der Waals surface area contributed by atoms with E-state index < -0.39 is 0 Å². The first kappa shape index (κ1) is 20.8. The molecule has 28 heavy (non-hydrogen) atoms. The zero-order chi connectivity index (χ0) is 20.5. The van der Waals surface area contributed by atoms with Gasteiger partial charge in [-0.25, -0.2) is 4.39 Å². The molecule has 1 saturated carbocycles. The minimum atomic E-state index is -0.310. The van der Waals surface area contributed by atoms with Crippen molar-refractivity contribution in [3.8, 4) is 11.4 Å². The van der Waals surface area contributed by atoms with Gasteiger partial charge in [0.05, 0.1) is 11.3 Å². The summed E-state index contributed by atoms with van der Waals surface area (Å²) in [4.78, 5) is 12.5. The van der Waals surface area contributed by atoms with Gasteiger partial charge in [0.15, 0.2) is 11.0 Å². The van der Waals surface area contributed by atoms with E-state index in [2.05, 4.69) is 36.3 Å². The summed E-state index contributed by atoms with van der Waals surface area (Å²) < 4.78 is 16.2. The summed E-state index contributed by atoms with van der Waals surface area (Å²) >= 11 is 1.36. The molecule has 0 spiro atoms. The van der Waals surface area contributed by atoms with Crippen LogP contribution < -0.4 is 5.32 Å². The Balaban J connectivity index is 1.70. The fourth-order valence-electron chi connectivity index (χ4n) is 3.78. The van der Waals surface area contributed by atoms with E-state index >= 15 is 0 Å². The van der Waals surface area contributed by atoms with Crippen LogP contribution >= 0.6 is 11.8 Å². The molecule has 3 rings (SSSR count). The van der Waals surface area contributed by atoms with E-state index in [1.165, 1.54) is 17.8 Å². The number of amides is 1. The predicted molar refractivity (Wildman–Crippen MR) is 111 cm³/mol. The average molecular weight is 405 g/mol. The highest BCUT2D eigenvalue weighted by atomic mass is 32.2. The highest BCUT2D eigenvalue weighted by Crippen LogP contribution is 2.41. The highest BCUT2D eigenvalue weighted by Gasteiger charge is 2.32. The Morgan fingerprint density at radius 3 is 2.50 bits per heavy atom. The predicted octanol–water partition coefficient (Wildman–Crippen LogP) is 4.84. The van der Waals surface area contributed by atoms with Gasteiger partial charge in [-0.15, -0.1) is 10.2 Å². The summed E-state index contributed by atoms with van der Waals surface area (Å²) in [6.45, 7) is 10.6. The van der Waals surface area contributed by atoms with Gasteiger partial charge in [0.25, 0.3) is 0 Å². The summed E-state index contributed by atoms with van der Waals surface area (Å²) in [7, 11) is 0. The number of carbonyl (C=O) groups excluding carboxylic acids is 1. The van der Waals surface area contributed by atoms with Crippen molar-refractivity contribution in [2.75, 3.05) is 5.75 Å². The van der Waals surface area contributed by atoms with Crippen molar-refractivity contribution in [3.05, 3.63) is 30.1 Å². The second-order valence-electron chi connectivity index (χ2n) is 9.35. The first-order valence-electron chi connectivity index (χ1n) is 9.69. The van der Waals surface area contributed by atoms with Gasteiger partial charge in [0.1, 0.15) is 5.82 Å². The lowest BCUT2D eigenvalue weighted by Crippen LogP contribution is -2.46. The van der Waals surface area contributed by atoms with Crippen molar-refractivity contribution >= 4 is 17.7 Å². The van der Waals surface area contributed by atoms with Crippen LogP contribution in [-0.4, -0.2) is 32.0 Å². The number of hydrogen-bond donors (Lipinski definition) is 1. The second-order valence-corrected chi connectivity index (χ2v) is 10.3. The molecular weight excluding hydrogens is 375 g/mol. The van der Waals surface area contributed by atoms with Gasteiger partial charge < -0.3 is 5.32 Å². The molecule has 152 valence electrons. The van der Waals surface area contributed by atoms with E-state index in [-0.39, 0.29) is 34.5 Å². The number of rotatable bonds is 7.